The maximum Gasteiger partial charge on any atom is 0.374 e. The lowest BCUT2D eigenvalue weighted by atomic mass is 9.82. The van der Waals surface area contributed by atoms with Gasteiger partial charge in [0.2, 0.25) is 0 Å². The lowest BCUT2D eigenvalue weighted by molar-refractivity contribution is 0.174. The van der Waals surface area contributed by atoms with Gasteiger partial charge in [-0.05, 0) is 18.8 Å². The van der Waals surface area contributed by atoms with Gasteiger partial charge in [0.15, 0.2) is 0 Å². The molecule has 0 aliphatic carbocycles. The third kappa shape index (κ3) is 3.33. The summed E-state index contributed by atoms with van der Waals surface area (Å²) in [7, 11) is -0.589. The smallest absolute Gasteiger partial charge is 0.374 e. The van der Waals surface area contributed by atoms with Crippen LogP contribution in [-0.2, 0) is 6.54 Å². The molecule has 1 fully saturated rings. The fraction of sp³-hybridized carbons (Fsp3) is 0.538. The van der Waals surface area contributed by atoms with Crippen molar-refractivity contribution >= 4 is 7.05 Å². The van der Waals surface area contributed by atoms with Crippen molar-refractivity contribution in [2.24, 2.45) is 0 Å². The summed E-state index contributed by atoms with van der Waals surface area (Å²) in [5, 5.41) is 22.1. The Labute approximate surface area is 109 Å². The van der Waals surface area contributed by atoms with E-state index in [0.29, 0.717) is 0 Å². The van der Waals surface area contributed by atoms with Crippen molar-refractivity contribution in [3.8, 4) is 0 Å². The average molecular weight is 248 g/mol. The van der Waals surface area contributed by atoms with Gasteiger partial charge in [-0.15, -0.1) is 0 Å². The van der Waals surface area contributed by atoms with E-state index in [2.05, 4.69) is 22.3 Å². The Balaban J connectivity index is 1.94. The lowest BCUT2D eigenvalue weighted by Crippen LogP contribution is -2.55. The number of aliphatic hydroxyl groups is 1. The second kappa shape index (κ2) is 5.84. The van der Waals surface area contributed by atoms with Crippen LogP contribution in [0.4, 0.5) is 0 Å². The third-order valence-electron chi connectivity index (χ3n) is 3.50. The Morgan fingerprint density at radius 2 is 2.11 bits per heavy atom. The first-order valence-corrected chi connectivity index (χ1v) is 6.46. The molecule has 0 unspecified atom stereocenters. The standard InChI is InChI=1S/C13H21BN2O2/c1-14(18)15-13(11-17)7-8-16(10-13)9-12-5-3-2-4-6-12/h2-6,15,17-18H,7-11H2,1H3/t13-/m1/s1. The molecule has 0 spiro atoms. The molecule has 1 aromatic rings. The van der Waals surface area contributed by atoms with Crippen molar-refractivity contribution in [3.63, 3.8) is 0 Å². The number of benzene rings is 1. The van der Waals surface area contributed by atoms with E-state index in [1.54, 1.807) is 6.82 Å². The van der Waals surface area contributed by atoms with Gasteiger partial charge in [-0.2, -0.15) is 0 Å². The summed E-state index contributed by atoms with van der Waals surface area (Å²) < 4.78 is 0. The molecule has 1 saturated heterocycles. The second-order valence-electron chi connectivity index (χ2n) is 5.21. The first kappa shape index (κ1) is 13.6. The Morgan fingerprint density at radius 1 is 1.39 bits per heavy atom. The zero-order chi connectivity index (χ0) is 13.0. The molecule has 18 heavy (non-hydrogen) atoms. The highest BCUT2D eigenvalue weighted by atomic mass is 16.3. The van der Waals surface area contributed by atoms with E-state index < -0.39 is 7.05 Å². The van der Waals surface area contributed by atoms with Crippen molar-refractivity contribution in [3.05, 3.63) is 35.9 Å². The van der Waals surface area contributed by atoms with Crippen molar-refractivity contribution in [1.82, 2.24) is 10.1 Å². The van der Waals surface area contributed by atoms with Gasteiger partial charge < -0.3 is 15.4 Å². The van der Waals surface area contributed by atoms with Gasteiger partial charge in [0.25, 0.3) is 0 Å². The van der Waals surface area contributed by atoms with Crippen LogP contribution < -0.4 is 5.23 Å². The van der Waals surface area contributed by atoms with Crippen LogP contribution in [0, 0.1) is 0 Å². The molecular formula is C13H21BN2O2. The highest BCUT2D eigenvalue weighted by Crippen LogP contribution is 2.22. The predicted molar refractivity (Wildman–Crippen MR) is 73.1 cm³/mol. The number of hydrogen-bond donors (Lipinski definition) is 3. The van der Waals surface area contributed by atoms with Gasteiger partial charge in [-0.3, -0.25) is 4.90 Å². The van der Waals surface area contributed by atoms with Crippen molar-refractivity contribution in [2.75, 3.05) is 19.7 Å². The topological polar surface area (TPSA) is 55.7 Å². The van der Waals surface area contributed by atoms with Crippen LogP contribution in [0.5, 0.6) is 0 Å². The number of aliphatic hydroxyl groups excluding tert-OH is 1. The van der Waals surface area contributed by atoms with Crippen LogP contribution in [0.1, 0.15) is 12.0 Å². The van der Waals surface area contributed by atoms with Crippen LogP contribution in [0.15, 0.2) is 30.3 Å². The van der Waals surface area contributed by atoms with Gasteiger partial charge in [-0.1, -0.05) is 30.3 Å². The van der Waals surface area contributed by atoms with Crippen LogP contribution in [0.25, 0.3) is 0 Å². The number of likely N-dealkylation sites (tertiary alicyclic amines) is 1. The first-order valence-electron chi connectivity index (χ1n) is 6.46. The molecule has 0 amide bonds. The van der Waals surface area contributed by atoms with Gasteiger partial charge in [0.1, 0.15) is 0 Å². The number of rotatable bonds is 5. The maximum atomic E-state index is 9.55. The molecule has 98 valence electrons. The predicted octanol–water partition coefficient (Wildman–Crippen LogP) is 0.323. The summed E-state index contributed by atoms with van der Waals surface area (Å²) in [6.07, 6.45) is 0.862. The van der Waals surface area contributed by atoms with Gasteiger partial charge in [0, 0.05) is 25.2 Å². The Bertz CT molecular complexity index is 375. The molecule has 1 heterocycles. The molecule has 4 nitrogen and oxygen atoms in total. The quantitative estimate of drug-likeness (QED) is 0.657. The summed E-state index contributed by atoms with van der Waals surface area (Å²) in [6, 6.07) is 10.3. The molecule has 0 bridgehead atoms. The first-order chi connectivity index (χ1) is 8.63. The van der Waals surface area contributed by atoms with E-state index in [-0.39, 0.29) is 12.1 Å². The van der Waals surface area contributed by atoms with Crippen LogP contribution in [0.3, 0.4) is 0 Å². The van der Waals surface area contributed by atoms with E-state index in [9.17, 15) is 10.1 Å². The summed E-state index contributed by atoms with van der Waals surface area (Å²) in [5.41, 5.74) is 0.923. The summed E-state index contributed by atoms with van der Waals surface area (Å²) >= 11 is 0. The molecule has 2 rings (SSSR count). The highest BCUT2D eigenvalue weighted by Gasteiger charge is 2.38. The zero-order valence-corrected chi connectivity index (χ0v) is 10.8. The maximum absolute atomic E-state index is 9.55. The van der Waals surface area contributed by atoms with Crippen LogP contribution >= 0.6 is 0 Å². The van der Waals surface area contributed by atoms with Crippen molar-refractivity contribution in [1.29, 1.82) is 0 Å². The summed E-state index contributed by atoms with van der Waals surface area (Å²) in [5.74, 6) is 0. The zero-order valence-electron chi connectivity index (χ0n) is 10.8. The minimum atomic E-state index is -0.589. The van der Waals surface area contributed by atoms with Crippen molar-refractivity contribution in [2.45, 2.75) is 25.3 Å². The Kier molecular flexibility index (Phi) is 4.40. The minimum absolute atomic E-state index is 0.0587. The third-order valence-corrected chi connectivity index (χ3v) is 3.50. The molecular weight excluding hydrogens is 227 g/mol. The molecule has 1 atom stereocenters. The number of nitrogens with one attached hydrogen (secondary N) is 1. The van der Waals surface area contributed by atoms with Gasteiger partial charge in [-0.25, -0.2) is 0 Å². The Hall–Kier alpha value is -0.875. The van der Waals surface area contributed by atoms with E-state index in [0.717, 1.165) is 26.1 Å². The normalized spacial score (nSPS) is 24.4. The second-order valence-corrected chi connectivity index (χ2v) is 5.21. The number of nitrogens with zero attached hydrogens (tertiary/aromatic N) is 1. The molecule has 1 aliphatic heterocycles. The van der Waals surface area contributed by atoms with Gasteiger partial charge >= 0.3 is 7.05 Å². The fourth-order valence-electron chi connectivity index (χ4n) is 2.67. The highest BCUT2D eigenvalue weighted by molar-refractivity contribution is 6.45. The fourth-order valence-corrected chi connectivity index (χ4v) is 2.67. The minimum Gasteiger partial charge on any atom is -0.437 e. The summed E-state index contributed by atoms with van der Waals surface area (Å²) in [6.45, 7) is 4.35. The van der Waals surface area contributed by atoms with Crippen molar-refractivity contribution < 1.29 is 10.1 Å². The van der Waals surface area contributed by atoms with Crippen LogP contribution in [0.2, 0.25) is 6.82 Å². The summed E-state index contributed by atoms with van der Waals surface area (Å²) in [4.78, 5) is 2.31. The Morgan fingerprint density at radius 3 is 2.72 bits per heavy atom. The average Bonchev–Trinajstić information content (AvgIpc) is 2.73. The molecule has 0 radical (unpaired) electrons. The number of hydrogen-bond acceptors (Lipinski definition) is 4. The molecule has 1 aromatic carbocycles. The lowest BCUT2D eigenvalue weighted by Gasteiger charge is -2.29. The van der Waals surface area contributed by atoms with Crippen LogP contribution in [-0.4, -0.2) is 47.3 Å². The van der Waals surface area contributed by atoms with E-state index in [1.807, 2.05) is 18.2 Å². The molecule has 0 aromatic heterocycles. The van der Waals surface area contributed by atoms with E-state index in [4.69, 9.17) is 0 Å². The largest absolute Gasteiger partial charge is 0.437 e. The molecule has 0 saturated carbocycles. The molecule has 5 heteroatoms. The monoisotopic (exact) mass is 248 g/mol. The molecule has 1 aliphatic rings. The van der Waals surface area contributed by atoms with Gasteiger partial charge in [0.05, 0.1) is 6.61 Å². The van der Waals surface area contributed by atoms with E-state index in [1.165, 1.54) is 5.56 Å². The molecule has 3 N–H and O–H groups in total. The van der Waals surface area contributed by atoms with E-state index >= 15 is 0 Å². The SMILES string of the molecule is CB(O)N[C@]1(CO)CCN(Cc2ccccc2)C1.